The number of rotatable bonds is 2. The molecule has 2 heterocycles. The minimum Gasteiger partial charge on any atom is -0.290 e. The molecule has 3 aromatic rings. The maximum Gasteiger partial charge on any atom is 0.263 e. The number of nitrogens with zero attached hydrogens (tertiary/aromatic N) is 2. The molecule has 5 heteroatoms. The first kappa shape index (κ1) is 12.4. The van der Waals surface area contributed by atoms with Crippen molar-refractivity contribution >= 4 is 33.3 Å². The van der Waals surface area contributed by atoms with Gasteiger partial charge in [0.05, 0.1) is 5.39 Å². The van der Waals surface area contributed by atoms with E-state index in [-0.39, 0.29) is 5.56 Å². The van der Waals surface area contributed by atoms with Gasteiger partial charge in [-0.15, -0.1) is 11.3 Å². The van der Waals surface area contributed by atoms with E-state index in [1.54, 1.807) is 11.6 Å². The van der Waals surface area contributed by atoms with E-state index in [2.05, 4.69) is 4.98 Å². The van der Waals surface area contributed by atoms with Gasteiger partial charge in [0.15, 0.2) is 5.16 Å². The quantitative estimate of drug-likeness (QED) is 0.535. The zero-order chi connectivity index (χ0) is 13.4. The van der Waals surface area contributed by atoms with Gasteiger partial charge in [-0.2, -0.15) is 0 Å². The Labute approximate surface area is 118 Å². The van der Waals surface area contributed by atoms with Gasteiger partial charge in [0.2, 0.25) is 0 Å². The van der Waals surface area contributed by atoms with Crippen molar-refractivity contribution in [2.45, 2.75) is 5.16 Å². The van der Waals surface area contributed by atoms with E-state index in [4.69, 9.17) is 0 Å². The summed E-state index contributed by atoms with van der Waals surface area (Å²) in [5.41, 5.74) is 2.06. The highest BCUT2D eigenvalue weighted by Crippen LogP contribution is 2.31. The van der Waals surface area contributed by atoms with Gasteiger partial charge in [-0.05, 0) is 11.8 Å². The molecular formula is C14H12N2OS2. The molecule has 96 valence electrons. The first-order valence-electron chi connectivity index (χ1n) is 5.80. The second kappa shape index (κ2) is 4.83. The smallest absolute Gasteiger partial charge is 0.263 e. The summed E-state index contributed by atoms with van der Waals surface area (Å²) in [6, 6.07) is 9.97. The van der Waals surface area contributed by atoms with E-state index >= 15 is 0 Å². The van der Waals surface area contributed by atoms with Gasteiger partial charge in [0, 0.05) is 18.0 Å². The van der Waals surface area contributed by atoms with Crippen LogP contribution >= 0.6 is 23.1 Å². The number of thioether (sulfide) groups is 1. The largest absolute Gasteiger partial charge is 0.290 e. The van der Waals surface area contributed by atoms with Crippen LogP contribution in [0.25, 0.3) is 21.3 Å². The fraction of sp³-hybridized carbons (Fsp3) is 0.143. The molecule has 0 bridgehead atoms. The molecule has 0 aliphatic heterocycles. The maximum absolute atomic E-state index is 12.5. The van der Waals surface area contributed by atoms with Crippen molar-refractivity contribution < 1.29 is 0 Å². The molecule has 19 heavy (non-hydrogen) atoms. The van der Waals surface area contributed by atoms with Crippen LogP contribution in [0.1, 0.15) is 0 Å². The third kappa shape index (κ3) is 1.99. The molecule has 0 atom stereocenters. The molecule has 0 amide bonds. The summed E-state index contributed by atoms with van der Waals surface area (Å²) in [7, 11) is 1.77. The summed E-state index contributed by atoms with van der Waals surface area (Å²) in [5.74, 6) is 0. The van der Waals surface area contributed by atoms with E-state index in [9.17, 15) is 4.79 Å². The van der Waals surface area contributed by atoms with Gasteiger partial charge in [0.1, 0.15) is 4.83 Å². The Hall–Kier alpha value is -1.59. The second-order valence-electron chi connectivity index (χ2n) is 4.16. The standard InChI is InChI=1S/C14H12N2OS2/c1-16-13(17)11-10(9-6-4-3-5-7-9)8-19-12(11)15-14(16)18-2/h3-8H,1-2H3. The van der Waals surface area contributed by atoms with Crippen LogP contribution in [-0.2, 0) is 7.05 Å². The van der Waals surface area contributed by atoms with Gasteiger partial charge >= 0.3 is 0 Å². The molecule has 3 nitrogen and oxygen atoms in total. The highest BCUT2D eigenvalue weighted by Gasteiger charge is 2.14. The van der Waals surface area contributed by atoms with Gasteiger partial charge in [-0.25, -0.2) is 4.98 Å². The molecule has 0 fully saturated rings. The molecule has 0 unspecified atom stereocenters. The van der Waals surface area contributed by atoms with Crippen LogP contribution in [-0.4, -0.2) is 15.8 Å². The van der Waals surface area contributed by atoms with E-state index in [0.717, 1.165) is 26.5 Å². The lowest BCUT2D eigenvalue weighted by molar-refractivity contribution is 0.729. The number of benzene rings is 1. The maximum atomic E-state index is 12.5. The third-order valence-corrected chi connectivity index (χ3v) is 4.64. The Morgan fingerprint density at radius 2 is 2.00 bits per heavy atom. The number of hydrogen-bond donors (Lipinski definition) is 0. The van der Waals surface area contributed by atoms with Gasteiger partial charge in [0.25, 0.3) is 5.56 Å². The van der Waals surface area contributed by atoms with E-state index in [0.29, 0.717) is 0 Å². The summed E-state index contributed by atoms with van der Waals surface area (Å²) < 4.78 is 1.62. The Bertz CT molecular complexity index is 790. The highest BCUT2D eigenvalue weighted by atomic mass is 32.2. The Morgan fingerprint density at radius 3 is 2.68 bits per heavy atom. The first-order chi connectivity index (χ1) is 9.22. The lowest BCUT2D eigenvalue weighted by atomic mass is 10.1. The average Bonchev–Trinajstić information content (AvgIpc) is 2.87. The molecule has 0 aliphatic rings. The fourth-order valence-corrected chi connectivity index (χ4v) is 3.60. The van der Waals surface area contributed by atoms with Crippen molar-refractivity contribution in [3.8, 4) is 11.1 Å². The van der Waals surface area contributed by atoms with Crippen LogP contribution in [0.3, 0.4) is 0 Å². The monoisotopic (exact) mass is 288 g/mol. The molecule has 0 saturated carbocycles. The molecule has 0 spiro atoms. The molecule has 0 saturated heterocycles. The van der Waals surface area contributed by atoms with E-state index < -0.39 is 0 Å². The predicted octanol–water partition coefficient (Wildman–Crippen LogP) is 3.38. The van der Waals surface area contributed by atoms with Crippen molar-refractivity contribution in [1.29, 1.82) is 0 Å². The van der Waals surface area contributed by atoms with Crippen LogP contribution in [0.4, 0.5) is 0 Å². The fourth-order valence-electron chi connectivity index (χ4n) is 2.07. The Morgan fingerprint density at radius 1 is 1.26 bits per heavy atom. The lowest BCUT2D eigenvalue weighted by Crippen LogP contribution is -2.19. The van der Waals surface area contributed by atoms with E-state index in [1.807, 2.05) is 42.0 Å². The van der Waals surface area contributed by atoms with Gasteiger partial charge < -0.3 is 0 Å². The van der Waals surface area contributed by atoms with Crippen LogP contribution in [0, 0.1) is 0 Å². The van der Waals surface area contributed by atoms with Crippen molar-refractivity contribution in [2.24, 2.45) is 7.05 Å². The van der Waals surface area contributed by atoms with Crippen LogP contribution in [0.5, 0.6) is 0 Å². The first-order valence-corrected chi connectivity index (χ1v) is 7.90. The van der Waals surface area contributed by atoms with Crippen molar-refractivity contribution in [1.82, 2.24) is 9.55 Å². The zero-order valence-corrected chi connectivity index (χ0v) is 12.2. The van der Waals surface area contributed by atoms with Gasteiger partial charge in [-0.3, -0.25) is 9.36 Å². The summed E-state index contributed by atoms with van der Waals surface area (Å²) >= 11 is 3.01. The molecule has 0 N–H and O–H groups in total. The third-order valence-electron chi connectivity index (χ3n) is 3.04. The number of thiophene rings is 1. The number of aromatic nitrogens is 2. The van der Waals surface area contributed by atoms with E-state index in [1.165, 1.54) is 23.1 Å². The Kier molecular flexibility index (Phi) is 3.16. The topological polar surface area (TPSA) is 34.9 Å². The zero-order valence-electron chi connectivity index (χ0n) is 10.6. The summed E-state index contributed by atoms with van der Waals surface area (Å²) in [6.45, 7) is 0. The number of hydrogen-bond acceptors (Lipinski definition) is 4. The molecular weight excluding hydrogens is 276 g/mol. The predicted molar refractivity (Wildman–Crippen MR) is 82.1 cm³/mol. The van der Waals surface area contributed by atoms with Crippen molar-refractivity contribution in [3.05, 3.63) is 46.1 Å². The van der Waals surface area contributed by atoms with Crippen LogP contribution in [0.2, 0.25) is 0 Å². The van der Waals surface area contributed by atoms with Crippen LogP contribution in [0.15, 0.2) is 45.7 Å². The van der Waals surface area contributed by atoms with Crippen molar-refractivity contribution in [2.75, 3.05) is 6.26 Å². The SMILES string of the molecule is CSc1nc2scc(-c3ccccc3)c2c(=O)n1C. The molecule has 2 aromatic heterocycles. The average molecular weight is 288 g/mol. The number of fused-ring (bicyclic) bond motifs is 1. The van der Waals surface area contributed by atoms with Crippen LogP contribution < -0.4 is 5.56 Å². The summed E-state index contributed by atoms with van der Waals surface area (Å²) in [6.07, 6.45) is 1.93. The second-order valence-corrected chi connectivity index (χ2v) is 5.79. The minimum absolute atomic E-state index is 0.0226. The van der Waals surface area contributed by atoms with Gasteiger partial charge in [-0.1, -0.05) is 42.1 Å². The normalized spacial score (nSPS) is 11.1. The Balaban J connectivity index is 2.36. The van der Waals surface area contributed by atoms with Crippen molar-refractivity contribution in [3.63, 3.8) is 0 Å². The minimum atomic E-state index is 0.0226. The molecule has 1 aromatic carbocycles. The lowest BCUT2D eigenvalue weighted by Gasteiger charge is -2.05. The highest BCUT2D eigenvalue weighted by molar-refractivity contribution is 7.98. The molecule has 0 radical (unpaired) electrons. The molecule has 0 aliphatic carbocycles. The summed E-state index contributed by atoms with van der Waals surface area (Å²) in [4.78, 5) is 17.8. The summed E-state index contributed by atoms with van der Waals surface area (Å²) in [5, 5.41) is 3.48. The molecule has 3 rings (SSSR count).